The highest BCUT2D eigenvalue weighted by molar-refractivity contribution is 7.20. The zero-order chi connectivity index (χ0) is 17.1. The maximum Gasteiger partial charge on any atom is 0.252 e. The lowest BCUT2D eigenvalue weighted by Crippen LogP contribution is -2.17. The highest BCUT2D eigenvalue weighted by Crippen LogP contribution is 2.32. The lowest BCUT2D eigenvalue weighted by atomic mass is 10.2. The Morgan fingerprint density at radius 1 is 1.21 bits per heavy atom. The van der Waals surface area contributed by atoms with E-state index in [0.29, 0.717) is 27.4 Å². The van der Waals surface area contributed by atoms with Gasteiger partial charge < -0.3 is 14.2 Å². The van der Waals surface area contributed by atoms with E-state index in [1.54, 1.807) is 30.9 Å². The van der Waals surface area contributed by atoms with Crippen molar-refractivity contribution in [1.29, 1.82) is 0 Å². The molecule has 9 nitrogen and oxygen atoms in total. The van der Waals surface area contributed by atoms with Gasteiger partial charge in [-0.05, 0) is 18.2 Å². The van der Waals surface area contributed by atoms with Crippen molar-refractivity contribution in [2.45, 2.75) is 0 Å². The number of anilines is 1. The number of carbonyl (C=O) groups excluding carboxylic acids is 1. The van der Waals surface area contributed by atoms with Crippen LogP contribution in [0.2, 0.25) is 0 Å². The highest BCUT2D eigenvalue weighted by atomic mass is 32.1. The molecule has 0 aliphatic rings. The van der Waals surface area contributed by atoms with E-state index in [2.05, 4.69) is 20.6 Å². The Hall–Kier alpha value is -2.72. The SMILES string of the molecule is COCC(=O)Nc1nn2c(-c3ccc(OC)c(OC)c3)nnc2s1. The third-order valence-corrected chi connectivity index (χ3v) is 3.97. The maximum absolute atomic E-state index is 11.6. The molecule has 3 aromatic rings. The third kappa shape index (κ3) is 3.01. The monoisotopic (exact) mass is 349 g/mol. The molecule has 0 aliphatic heterocycles. The minimum atomic E-state index is -0.282. The summed E-state index contributed by atoms with van der Waals surface area (Å²) in [5.74, 6) is 1.45. The number of nitrogens with zero attached hydrogens (tertiary/aromatic N) is 4. The minimum absolute atomic E-state index is 0.0390. The average Bonchev–Trinajstić information content (AvgIpc) is 3.14. The van der Waals surface area contributed by atoms with Crippen LogP contribution in [-0.4, -0.2) is 53.7 Å². The van der Waals surface area contributed by atoms with Crippen LogP contribution in [0.1, 0.15) is 0 Å². The Labute approximate surface area is 141 Å². The Morgan fingerprint density at radius 3 is 2.71 bits per heavy atom. The molecule has 10 heteroatoms. The van der Waals surface area contributed by atoms with E-state index >= 15 is 0 Å². The standard InChI is InChI=1S/C14H15N5O4S/c1-21-7-11(20)15-13-18-19-12(16-17-14(19)24-13)8-4-5-9(22-2)10(6-8)23-3/h4-6H,7H2,1-3H3,(H,15,18,20). The fourth-order valence-electron chi connectivity index (χ4n) is 2.11. The number of aromatic nitrogens is 4. The van der Waals surface area contributed by atoms with E-state index in [-0.39, 0.29) is 12.5 Å². The summed E-state index contributed by atoms with van der Waals surface area (Å²) in [6.45, 7) is -0.0390. The molecule has 0 atom stereocenters. The molecule has 0 saturated carbocycles. The maximum atomic E-state index is 11.6. The van der Waals surface area contributed by atoms with Gasteiger partial charge in [0.05, 0.1) is 14.2 Å². The van der Waals surface area contributed by atoms with Gasteiger partial charge in [-0.3, -0.25) is 10.1 Å². The number of hydrogen-bond donors (Lipinski definition) is 1. The molecular weight excluding hydrogens is 334 g/mol. The van der Waals surface area contributed by atoms with Crippen LogP contribution in [-0.2, 0) is 9.53 Å². The van der Waals surface area contributed by atoms with Gasteiger partial charge in [-0.15, -0.1) is 15.3 Å². The number of fused-ring (bicyclic) bond motifs is 1. The summed E-state index contributed by atoms with van der Waals surface area (Å²) >= 11 is 1.22. The number of rotatable bonds is 6. The predicted octanol–water partition coefficient (Wildman–Crippen LogP) is 1.45. The zero-order valence-electron chi connectivity index (χ0n) is 13.3. The van der Waals surface area contributed by atoms with Crippen molar-refractivity contribution in [1.82, 2.24) is 19.8 Å². The minimum Gasteiger partial charge on any atom is -0.493 e. The Morgan fingerprint density at radius 2 is 2.00 bits per heavy atom. The summed E-state index contributed by atoms with van der Waals surface area (Å²) in [6, 6.07) is 5.40. The van der Waals surface area contributed by atoms with Crippen molar-refractivity contribution in [3.8, 4) is 22.9 Å². The van der Waals surface area contributed by atoms with Crippen LogP contribution in [0, 0.1) is 0 Å². The molecule has 126 valence electrons. The normalized spacial score (nSPS) is 10.8. The molecule has 0 saturated heterocycles. The summed E-state index contributed by atoms with van der Waals surface area (Å²) in [7, 11) is 4.59. The van der Waals surface area contributed by atoms with Crippen molar-refractivity contribution < 1.29 is 19.0 Å². The number of nitrogens with one attached hydrogen (secondary N) is 1. The van der Waals surface area contributed by atoms with E-state index < -0.39 is 0 Å². The molecule has 0 radical (unpaired) electrons. The van der Waals surface area contributed by atoms with Gasteiger partial charge in [0.2, 0.25) is 10.1 Å². The third-order valence-electron chi connectivity index (χ3n) is 3.15. The molecule has 0 bridgehead atoms. The first-order valence-electron chi connectivity index (χ1n) is 6.89. The van der Waals surface area contributed by atoms with Crippen molar-refractivity contribution >= 4 is 27.3 Å². The molecule has 1 amide bonds. The van der Waals surface area contributed by atoms with Gasteiger partial charge in [0.25, 0.3) is 5.91 Å². The summed E-state index contributed by atoms with van der Waals surface area (Å²) in [5.41, 5.74) is 0.764. The Balaban J connectivity index is 1.95. The molecular formula is C14H15N5O4S. The molecule has 0 aliphatic carbocycles. The number of benzene rings is 1. The summed E-state index contributed by atoms with van der Waals surface area (Å²) in [4.78, 5) is 12.1. The van der Waals surface area contributed by atoms with Crippen LogP contribution in [0.4, 0.5) is 5.13 Å². The fourth-order valence-corrected chi connectivity index (χ4v) is 2.86. The van der Waals surface area contributed by atoms with E-state index in [9.17, 15) is 4.79 Å². The van der Waals surface area contributed by atoms with E-state index in [0.717, 1.165) is 5.56 Å². The van der Waals surface area contributed by atoms with Crippen LogP contribution >= 0.6 is 11.3 Å². The molecule has 3 rings (SSSR count). The molecule has 2 heterocycles. The summed E-state index contributed by atoms with van der Waals surface area (Å²) in [5, 5.41) is 15.6. The fraction of sp³-hybridized carbons (Fsp3) is 0.286. The lowest BCUT2D eigenvalue weighted by molar-refractivity contribution is -0.119. The van der Waals surface area contributed by atoms with Crippen LogP contribution in [0.15, 0.2) is 18.2 Å². The first kappa shape index (κ1) is 16.1. The molecule has 0 spiro atoms. The molecule has 24 heavy (non-hydrogen) atoms. The number of amides is 1. The summed E-state index contributed by atoms with van der Waals surface area (Å²) in [6.07, 6.45) is 0. The highest BCUT2D eigenvalue weighted by Gasteiger charge is 2.16. The quantitative estimate of drug-likeness (QED) is 0.719. The van der Waals surface area contributed by atoms with Crippen molar-refractivity contribution in [2.75, 3.05) is 33.3 Å². The van der Waals surface area contributed by atoms with E-state index in [1.165, 1.54) is 18.4 Å². The van der Waals surface area contributed by atoms with Crippen LogP contribution in [0.5, 0.6) is 11.5 Å². The second-order valence-electron chi connectivity index (χ2n) is 4.68. The Kier molecular flexibility index (Phi) is 4.58. The predicted molar refractivity (Wildman–Crippen MR) is 87.7 cm³/mol. The molecule has 0 unspecified atom stereocenters. The zero-order valence-corrected chi connectivity index (χ0v) is 14.1. The number of ether oxygens (including phenoxy) is 3. The van der Waals surface area contributed by atoms with Crippen molar-refractivity contribution in [3.05, 3.63) is 18.2 Å². The topological polar surface area (TPSA) is 99.9 Å². The van der Waals surface area contributed by atoms with Crippen LogP contribution in [0.3, 0.4) is 0 Å². The van der Waals surface area contributed by atoms with Crippen molar-refractivity contribution in [2.24, 2.45) is 0 Å². The molecule has 0 fully saturated rings. The van der Waals surface area contributed by atoms with Gasteiger partial charge in [0, 0.05) is 12.7 Å². The molecule has 2 aromatic heterocycles. The molecule has 1 aromatic carbocycles. The Bertz CT molecular complexity index is 875. The second-order valence-corrected chi connectivity index (χ2v) is 5.63. The number of carbonyl (C=O) groups is 1. The van der Waals surface area contributed by atoms with Gasteiger partial charge in [-0.25, -0.2) is 0 Å². The van der Waals surface area contributed by atoms with Crippen LogP contribution < -0.4 is 14.8 Å². The van der Waals surface area contributed by atoms with E-state index in [4.69, 9.17) is 14.2 Å². The first-order valence-corrected chi connectivity index (χ1v) is 7.71. The lowest BCUT2D eigenvalue weighted by Gasteiger charge is -2.08. The average molecular weight is 349 g/mol. The van der Waals surface area contributed by atoms with Gasteiger partial charge in [0.1, 0.15) is 6.61 Å². The second kappa shape index (κ2) is 6.81. The first-order chi connectivity index (χ1) is 11.7. The van der Waals surface area contributed by atoms with E-state index in [1.807, 2.05) is 6.07 Å². The summed E-state index contributed by atoms with van der Waals surface area (Å²) < 4.78 is 16.9. The van der Waals surface area contributed by atoms with Gasteiger partial charge in [-0.1, -0.05) is 11.3 Å². The van der Waals surface area contributed by atoms with Gasteiger partial charge in [-0.2, -0.15) is 4.52 Å². The molecule has 1 N–H and O–H groups in total. The number of methoxy groups -OCH3 is 3. The van der Waals surface area contributed by atoms with Gasteiger partial charge >= 0.3 is 0 Å². The van der Waals surface area contributed by atoms with Crippen molar-refractivity contribution in [3.63, 3.8) is 0 Å². The smallest absolute Gasteiger partial charge is 0.252 e. The largest absolute Gasteiger partial charge is 0.493 e. The van der Waals surface area contributed by atoms with Crippen LogP contribution in [0.25, 0.3) is 16.3 Å². The van der Waals surface area contributed by atoms with Gasteiger partial charge in [0.15, 0.2) is 17.3 Å². The number of hydrogen-bond acceptors (Lipinski definition) is 8.